The zero-order chi connectivity index (χ0) is 29.7. The molecule has 0 N–H and O–H groups in total. The van der Waals surface area contributed by atoms with E-state index >= 15 is 0 Å². The van der Waals surface area contributed by atoms with Crippen LogP contribution in [0.25, 0.3) is 11.5 Å². The summed E-state index contributed by atoms with van der Waals surface area (Å²) in [5.41, 5.74) is 0.613. The molecule has 2 aromatic carbocycles. The highest BCUT2D eigenvalue weighted by Gasteiger charge is 2.31. The minimum atomic E-state index is -4.52. The topological polar surface area (TPSA) is 85.5 Å². The Kier molecular flexibility index (Phi) is 12.4. The van der Waals surface area contributed by atoms with Gasteiger partial charge in [0, 0.05) is 17.7 Å². The van der Waals surface area contributed by atoms with Gasteiger partial charge in [-0.2, -0.15) is 18.2 Å². The highest BCUT2D eigenvalue weighted by Crippen LogP contribution is 2.31. The van der Waals surface area contributed by atoms with Crippen LogP contribution < -0.4 is 4.90 Å². The quantitative estimate of drug-likeness (QED) is 0.104. The lowest BCUT2D eigenvalue weighted by Gasteiger charge is -2.22. The van der Waals surface area contributed by atoms with E-state index in [1.807, 2.05) is 0 Å². The molecule has 1 amide bonds. The first-order valence-electron chi connectivity index (χ1n) is 14.3. The second-order valence-electron chi connectivity index (χ2n) is 9.95. The Bertz CT molecular complexity index is 1220. The minimum absolute atomic E-state index is 0.00851. The molecule has 0 aliphatic carbocycles. The molecule has 0 bridgehead atoms. The number of rotatable bonds is 15. The number of ether oxygens (including phenoxy) is 1. The summed E-state index contributed by atoms with van der Waals surface area (Å²) in [4.78, 5) is 30.6. The summed E-state index contributed by atoms with van der Waals surface area (Å²) in [6, 6.07) is 11.0. The van der Waals surface area contributed by atoms with Gasteiger partial charge in [-0.1, -0.05) is 75.6 Å². The van der Waals surface area contributed by atoms with E-state index in [1.165, 1.54) is 44.9 Å². The van der Waals surface area contributed by atoms with E-state index in [4.69, 9.17) is 9.26 Å². The number of aromatic nitrogens is 2. The lowest BCUT2D eigenvalue weighted by atomic mass is 10.1. The van der Waals surface area contributed by atoms with Crippen LogP contribution in [-0.2, 0) is 33.5 Å². The van der Waals surface area contributed by atoms with Crippen molar-refractivity contribution in [3.63, 3.8) is 0 Å². The van der Waals surface area contributed by atoms with Crippen molar-refractivity contribution < 1.29 is 32.0 Å². The number of nitrogens with zero attached hydrogens (tertiary/aromatic N) is 3. The maximum Gasteiger partial charge on any atom is 0.416 e. The summed E-state index contributed by atoms with van der Waals surface area (Å²) in [5.74, 6) is -1.03. The first-order chi connectivity index (χ1) is 19.7. The van der Waals surface area contributed by atoms with E-state index in [9.17, 15) is 22.8 Å². The maximum absolute atomic E-state index is 13.0. The summed E-state index contributed by atoms with van der Waals surface area (Å²) in [6.45, 7) is 3.72. The van der Waals surface area contributed by atoms with Gasteiger partial charge in [0.2, 0.25) is 0 Å². The molecule has 1 heterocycles. The number of alkyl halides is 3. The number of carbonyl (C=O) groups excluding carboxylic acids is 2. The van der Waals surface area contributed by atoms with Gasteiger partial charge in [-0.25, -0.2) is 4.79 Å². The molecule has 0 fully saturated rings. The molecule has 0 aliphatic heterocycles. The summed E-state index contributed by atoms with van der Waals surface area (Å²) in [6.07, 6.45) is 7.34. The zero-order valence-corrected chi connectivity index (χ0v) is 23.7. The van der Waals surface area contributed by atoms with Crippen molar-refractivity contribution in [2.24, 2.45) is 0 Å². The van der Waals surface area contributed by atoms with Gasteiger partial charge >= 0.3 is 18.1 Å². The van der Waals surface area contributed by atoms with Crippen LogP contribution in [-0.4, -0.2) is 28.6 Å². The highest BCUT2D eigenvalue weighted by atomic mass is 19.4. The molecule has 41 heavy (non-hydrogen) atoms. The van der Waals surface area contributed by atoms with Gasteiger partial charge in [-0.3, -0.25) is 9.69 Å². The Morgan fingerprint density at radius 2 is 1.46 bits per heavy atom. The predicted octanol–water partition coefficient (Wildman–Crippen LogP) is 7.93. The Balaban J connectivity index is 1.59. The molecule has 0 radical (unpaired) electrons. The number of anilines is 1. The monoisotopic (exact) mass is 573 g/mol. The summed E-state index contributed by atoms with van der Waals surface area (Å²) in [7, 11) is 0. The molecule has 7 nitrogen and oxygen atoms in total. The van der Waals surface area contributed by atoms with E-state index in [2.05, 4.69) is 17.1 Å². The Morgan fingerprint density at radius 3 is 2.05 bits per heavy atom. The number of esters is 1. The molecule has 3 rings (SSSR count). The third kappa shape index (κ3) is 10.0. The second-order valence-corrected chi connectivity index (χ2v) is 9.95. The fourth-order valence-electron chi connectivity index (χ4n) is 4.42. The van der Waals surface area contributed by atoms with Gasteiger partial charge in [0.25, 0.3) is 5.89 Å². The van der Waals surface area contributed by atoms with Crippen molar-refractivity contribution in [2.45, 2.75) is 90.8 Å². The van der Waals surface area contributed by atoms with Crippen LogP contribution in [0.3, 0.4) is 0 Å². The van der Waals surface area contributed by atoms with Crippen LogP contribution in [0.1, 0.15) is 88.6 Å². The van der Waals surface area contributed by atoms with Gasteiger partial charge in [0.1, 0.15) is 0 Å². The van der Waals surface area contributed by atoms with Gasteiger partial charge in [0.15, 0.2) is 5.82 Å². The molecule has 0 saturated carbocycles. The highest BCUT2D eigenvalue weighted by molar-refractivity contribution is 6.38. The van der Waals surface area contributed by atoms with Gasteiger partial charge in [0.05, 0.1) is 18.7 Å². The number of unbranched alkanes of at least 4 members (excludes halogenated alkanes) is 8. The average Bonchev–Trinajstić information content (AvgIpc) is 3.44. The SMILES string of the molecule is CCCCCCCCCCCc1noc(-c2ccc(CN(C(=O)C(=O)OCC)c3ccc(C(F)(F)F)cc3)cc2)n1. The van der Waals surface area contributed by atoms with Gasteiger partial charge in [-0.05, 0) is 55.3 Å². The van der Waals surface area contributed by atoms with Crippen molar-refractivity contribution in [2.75, 3.05) is 11.5 Å². The van der Waals surface area contributed by atoms with Crippen molar-refractivity contribution >= 4 is 17.6 Å². The molecule has 3 aromatic rings. The molecular weight excluding hydrogens is 535 g/mol. The molecule has 0 atom stereocenters. The number of benzene rings is 2. The molecule has 1 aromatic heterocycles. The van der Waals surface area contributed by atoms with Crippen LogP contribution in [0.4, 0.5) is 18.9 Å². The first-order valence-corrected chi connectivity index (χ1v) is 14.3. The fourth-order valence-corrected chi connectivity index (χ4v) is 4.42. The van der Waals surface area contributed by atoms with Crippen LogP contribution in [0.2, 0.25) is 0 Å². The van der Waals surface area contributed by atoms with Crippen LogP contribution in [0, 0.1) is 0 Å². The molecular formula is C31H38F3N3O4. The van der Waals surface area contributed by atoms with E-state index in [0.29, 0.717) is 22.8 Å². The number of aryl methyl sites for hydroxylation is 1. The van der Waals surface area contributed by atoms with Crippen molar-refractivity contribution in [3.8, 4) is 11.5 Å². The Labute approximate surface area is 239 Å². The van der Waals surface area contributed by atoms with Crippen LogP contribution in [0.15, 0.2) is 53.1 Å². The number of halogens is 3. The van der Waals surface area contributed by atoms with Crippen LogP contribution in [0.5, 0.6) is 0 Å². The number of hydrogen-bond donors (Lipinski definition) is 0. The fraction of sp³-hybridized carbons (Fsp3) is 0.484. The number of carbonyl (C=O) groups is 2. The Morgan fingerprint density at radius 1 is 0.854 bits per heavy atom. The molecule has 0 unspecified atom stereocenters. The van der Waals surface area contributed by atoms with Gasteiger partial charge in [-0.15, -0.1) is 0 Å². The first kappa shape index (κ1) is 31.8. The molecule has 222 valence electrons. The molecule has 0 spiro atoms. The van der Waals surface area contributed by atoms with Crippen molar-refractivity contribution in [1.29, 1.82) is 0 Å². The maximum atomic E-state index is 13.0. The van der Waals surface area contributed by atoms with Crippen molar-refractivity contribution in [1.82, 2.24) is 10.1 Å². The molecule has 0 saturated heterocycles. The summed E-state index contributed by atoms with van der Waals surface area (Å²) < 4.78 is 49.3. The third-order valence-corrected chi connectivity index (χ3v) is 6.72. The molecule has 10 heteroatoms. The van der Waals surface area contributed by atoms with Crippen molar-refractivity contribution in [3.05, 3.63) is 65.5 Å². The smallest absolute Gasteiger partial charge is 0.416 e. The van der Waals surface area contributed by atoms with E-state index in [-0.39, 0.29) is 18.8 Å². The molecule has 0 aliphatic rings. The normalized spacial score (nSPS) is 11.4. The van der Waals surface area contributed by atoms with E-state index in [1.54, 1.807) is 31.2 Å². The Hall–Kier alpha value is -3.69. The van der Waals surface area contributed by atoms with Gasteiger partial charge < -0.3 is 9.26 Å². The van der Waals surface area contributed by atoms with Crippen LogP contribution >= 0.6 is 0 Å². The van der Waals surface area contributed by atoms with E-state index < -0.39 is 23.6 Å². The summed E-state index contributed by atoms with van der Waals surface area (Å²) >= 11 is 0. The van der Waals surface area contributed by atoms with E-state index in [0.717, 1.165) is 48.4 Å². The number of hydrogen-bond acceptors (Lipinski definition) is 6. The predicted molar refractivity (Wildman–Crippen MR) is 150 cm³/mol. The third-order valence-electron chi connectivity index (χ3n) is 6.72. The largest absolute Gasteiger partial charge is 0.459 e. The lowest BCUT2D eigenvalue weighted by molar-refractivity contribution is -0.153. The lowest BCUT2D eigenvalue weighted by Crippen LogP contribution is -2.37. The standard InChI is InChI=1S/C31H38F3N3O4/c1-3-5-6-7-8-9-10-11-12-13-27-35-28(41-36-27)24-16-14-23(15-17-24)22-37(29(38)30(39)40-4-2)26-20-18-25(19-21-26)31(32,33)34/h14-21H,3-13,22H2,1-2H3. The number of amides is 1. The second kappa shape index (κ2) is 15.9. The average molecular weight is 574 g/mol. The zero-order valence-electron chi connectivity index (χ0n) is 23.7. The summed E-state index contributed by atoms with van der Waals surface area (Å²) in [5, 5.41) is 4.08. The minimum Gasteiger partial charge on any atom is -0.459 e.